The van der Waals surface area contributed by atoms with Crippen LogP contribution in [0.4, 0.5) is 0 Å². The smallest absolute Gasteiger partial charge is 0.0349 e. The van der Waals surface area contributed by atoms with Crippen LogP contribution in [0.15, 0.2) is 24.3 Å². The van der Waals surface area contributed by atoms with Gasteiger partial charge in [-0.05, 0) is 36.9 Å². The van der Waals surface area contributed by atoms with Crippen molar-refractivity contribution >= 4 is 21.4 Å². The molecule has 0 aliphatic rings. The van der Waals surface area contributed by atoms with E-state index in [0.717, 1.165) is 6.54 Å². The van der Waals surface area contributed by atoms with Crippen LogP contribution in [0, 0.1) is 5.92 Å². The molecule has 2 N–H and O–H groups in total. The van der Waals surface area contributed by atoms with Gasteiger partial charge in [0.25, 0.3) is 0 Å². The van der Waals surface area contributed by atoms with E-state index in [-0.39, 0.29) is 0 Å². The molecule has 0 saturated heterocycles. The first-order valence-corrected chi connectivity index (χ1v) is 7.75. The summed E-state index contributed by atoms with van der Waals surface area (Å²) in [6, 6.07) is 9.20. The predicted octanol–water partition coefficient (Wildman–Crippen LogP) is 3.84. The van der Waals surface area contributed by atoms with Crippen molar-refractivity contribution in [2.45, 2.75) is 39.9 Å². The van der Waals surface area contributed by atoms with Crippen LogP contribution in [0.25, 0.3) is 10.1 Å². The first-order valence-electron chi connectivity index (χ1n) is 6.94. The maximum absolute atomic E-state index is 5.92. The third-order valence-electron chi connectivity index (χ3n) is 4.03. The SMILES string of the molecule is CC(C)C(C)N(C)Cc1c(CN)sc2ccccc12. The molecule has 1 atom stereocenters. The van der Waals surface area contributed by atoms with Crippen molar-refractivity contribution < 1.29 is 0 Å². The average molecular weight is 276 g/mol. The van der Waals surface area contributed by atoms with Crippen LogP contribution >= 0.6 is 11.3 Å². The minimum absolute atomic E-state index is 0.573. The average Bonchev–Trinajstić information content (AvgIpc) is 2.76. The lowest BCUT2D eigenvalue weighted by Gasteiger charge is -2.28. The number of nitrogens with zero attached hydrogens (tertiary/aromatic N) is 1. The highest BCUT2D eigenvalue weighted by Gasteiger charge is 2.17. The third kappa shape index (κ3) is 2.99. The first kappa shape index (κ1) is 14.5. The van der Waals surface area contributed by atoms with E-state index in [0.29, 0.717) is 18.5 Å². The Bertz CT molecular complexity index is 545. The van der Waals surface area contributed by atoms with E-state index in [1.165, 1.54) is 20.5 Å². The monoisotopic (exact) mass is 276 g/mol. The second-order valence-corrected chi connectivity index (χ2v) is 6.74. The summed E-state index contributed by atoms with van der Waals surface area (Å²) in [4.78, 5) is 3.75. The van der Waals surface area contributed by atoms with E-state index in [4.69, 9.17) is 5.73 Å². The zero-order chi connectivity index (χ0) is 14.0. The van der Waals surface area contributed by atoms with E-state index in [2.05, 4.69) is 57.0 Å². The zero-order valence-corrected chi connectivity index (χ0v) is 13.1. The molecular weight excluding hydrogens is 252 g/mol. The van der Waals surface area contributed by atoms with Crippen molar-refractivity contribution in [1.82, 2.24) is 4.90 Å². The maximum Gasteiger partial charge on any atom is 0.0349 e. The van der Waals surface area contributed by atoms with Crippen molar-refractivity contribution in [2.24, 2.45) is 11.7 Å². The number of nitrogens with two attached hydrogens (primary N) is 1. The van der Waals surface area contributed by atoms with Crippen LogP contribution in [0.3, 0.4) is 0 Å². The quantitative estimate of drug-likeness (QED) is 0.899. The molecule has 104 valence electrons. The van der Waals surface area contributed by atoms with Gasteiger partial charge in [-0.25, -0.2) is 0 Å². The summed E-state index contributed by atoms with van der Waals surface area (Å²) >= 11 is 1.83. The molecule has 0 aliphatic heterocycles. The fourth-order valence-corrected chi connectivity index (χ4v) is 3.48. The van der Waals surface area contributed by atoms with Gasteiger partial charge in [-0.3, -0.25) is 4.90 Å². The van der Waals surface area contributed by atoms with E-state index < -0.39 is 0 Å². The third-order valence-corrected chi connectivity index (χ3v) is 5.27. The molecule has 1 heterocycles. The van der Waals surface area contributed by atoms with Gasteiger partial charge < -0.3 is 5.73 Å². The number of thiophene rings is 1. The van der Waals surface area contributed by atoms with Gasteiger partial charge in [0.05, 0.1) is 0 Å². The number of benzene rings is 1. The molecule has 0 amide bonds. The van der Waals surface area contributed by atoms with E-state index in [1.807, 2.05) is 11.3 Å². The summed E-state index contributed by atoms with van der Waals surface area (Å²) in [6.07, 6.45) is 0. The Labute approximate surface area is 120 Å². The molecular formula is C16H24N2S. The van der Waals surface area contributed by atoms with Crippen molar-refractivity contribution in [3.8, 4) is 0 Å². The summed E-state index contributed by atoms with van der Waals surface area (Å²) in [6.45, 7) is 8.46. The number of rotatable bonds is 5. The molecule has 2 aromatic rings. The van der Waals surface area contributed by atoms with Gasteiger partial charge in [-0.1, -0.05) is 32.0 Å². The summed E-state index contributed by atoms with van der Waals surface area (Å²) in [7, 11) is 2.21. The van der Waals surface area contributed by atoms with Crippen molar-refractivity contribution in [3.63, 3.8) is 0 Å². The molecule has 1 aromatic heterocycles. The van der Waals surface area contributed by atoms with Crippen molar-refractivity contribution in [1.29, 1.82) is 0 Å². The minimum atomic E-state index is 0.573. The zero-order valence-electron chi connectivity index (χ0n) is 12.3. The fraction of sp³-hybridized carbons (Fsp3) is 0.500. The Hall–Kier alpha value is -0.900. The van der Waals surface area contributed by atoms with E-state index >= 15 is 0 Å². The maximum atomic E-state index is 5.92. The normalized spacial score (nSPS) is 13.6. The molecule has 1 aromatic carbocycles. The number of hydrogen-bond donors (Lipinski definition) is 1. The Morgan fingerprint density at radius 1 is 1.21 bits per heavy atom. The topological polar surface area (TPSA) is 29.3 Å². The molecule has 0 fully saturated rings. The van der Waals surface area contributed by atoms with Gasteiger partial charge in [0.15, 0.2) is 0 Å². The van der Waals surface area contributed by atoms with Gasteiger partial charge in [-0.2, -0.15) is 0 Å². The highest BCUT2D eigenvalue weighted by atomic mass is 32.1. The molecule has 0 aliphatic carbocycles. The molecule has 0 spiro atoms. The first-order chi connectivity index (χ1) is 9.04. The Morgan fingerprint density at radius 2 is 1.89 bits per heavy atom. The lowest BCUT2D eigenvalue weighted by molar-refractivity contribution is 0.201. The second-order valence-electron chi connectivity index (χ2n) is 5.60. The molecule has 19 heavy (non-hydrogen) atoms. The summed E-state index contributed by atoms with van der Waals surface area (Å²) < 4.78 is 1.35. The Morgan fingerprint density at radius 3 is 2.53 bits per heavy atom. The Kier molecular flexibility index (Phi) is 4.61. The molecule has 0 bridgehead atoms. The van der Waals surface area contributed by atoms with Crippen LogP contribution in [0.5, 0.6) is 0 Å². The molecule has 1 unspecified atom stereocenters. The molecule has 0 radical (unpaired) electrons. The summed E-state index contributed by atoms with van der Waals surface area (Å²) in [5, 5.41) is 1.37. The largest absolute Gasteiger partial charge is 0.326 e. The fourth-order valence-electron chi connectivity index (χ4n) is 2.39. The molecule has 2 rings (SSSR count). The van der Waals surface area contributed by atoms with Crippen molar-refractivity contribution in [2.75, 3.05) is 7.05 Å². The summed E-state index contributed by atoms with van der Waals surface area (Å²) in [5.41, 5.74) is 7.33. The second kappa shape index (κ2) is 6.04. The van der Waals surface area contributed by atoms with Crippen LogP contribution in [0.2, 0.25) is 0 Å². The Balaban J connectivity index is 2.33. The van der Waals surface area contributed by atoms with E-state index in [9.17, 15) is 0 Å². The minimum Gasteiger partial charge on any atom is -0.326 e. The lowest BCUT2D eigenvalue weighted by Crippen LogP contribution is -2.32. The molecule has 0 saturated carbocycles. The molecule has 2 nitrogen and oxygen atoms in total. The van der Waals surface area contributed by atoms with Crippen molar-refractivity contribution in [3.05, 3.63) is 34.7 Å². The van der Waals surface area contributed by atoms with Gasteiger partial charge in [0, 0.05) is 28.7 Å². The van der Waals surface area contributed by atoms with Gasteiger partial charge in [-0.15, -0.1) is 11.3 Å². The highest BCUT2D eigenvalue weighted by molar-refractivity contribution is 7.19. The predicted molar refractivity (Wildman–Crippen MR) is 85.5 cm³/mol. The lowest BCUT2D eigenvalue weighted by atomic mass is 10.0. The van der Waals surface area contributed by atoms with Gasteiger partial charge in [0.1, 0.15) is 0 Å². The number of hydrogen-bond acceptors (Lipinski definition) is 3. The van der Waals surface area contributed by atoms with Crippen LogP contribution < -0.4 is 5.73 Å². The van der Waals surface area contributed by atoms with Crippen LogP contribution in [0.1, 0.15) is 31.2 Å². The standard InChI is InChI=1S/C16H24N2S/c1-11(2)12(3)18(4)10-14-13-7-5-6-8-15(13)19-16(14)9-17/h5-8,11-12H,9-10,17H2,1-4H3. The van der Waals surface area contributed by atoms with Crippen LogP contribution in [-0.2, 0) is 13.1 Å². The molecule has 3 heteroatoms. The van der Waals surface area contributed by atoms with E-state index in [1.54, 1.807) is 0 Å². The highest BCUT2D eigenvalue weighted by Crippen LogP contribution is 2.32. The van der Waals surface area contributed by atoms with Crippen LogP contribution in [-0.4, -0.2) is 18.0 Å². The van der Waals surface area contributed by atoms with Gasteiger partial charge in [0.2, 0.25) is 0 Å². The summed E-state index contributed by atoms with van der Waals surface area (Å²) in [5.74, 6) is 0.663. The van der Waals surface area contributed by atoms with Gasteiger partial charge >= 0.3 is 0 Å². The number of fused-ring (bicyclic) bond motifs is 1.